The number of carboxylic acids is 1. The zero-order chi connectivity index (χ0) is 15.4. The molecule has 3 amide bonds. The highest BCUT2D eigenvalue weighted by Gasteiger charge is 2.20. The first-order valence-electron chi connectivity index (χ1n) is 6.58. The second-order valence-corrected chi connectivity index (χ2v) is 4.88. The number of nitrogens with zero attached hydrogens (tertiary/aromatic N) is 1. The van der Waals surface area contributed by atoms with Gasteiger partial charge in [0.15, 0.2) is 0 Å². The second-order valence-electron chi connectivity index (χ2n) is 4.88. The van der Waals surface area contributed by atoms with Crippen molar-refractivity contribution in [2.24, 2.45) is 0 Å². The van der Waals surface area contributed by atoms with E-state index in [1.807, 2.05) is 11.0 Å². The summed E-state index contributed by atoms with van der Waals surface area (Å²) >= 11 is 0. The molecule has 1 aromatic carbocycles. The molecule has 7 nitrogen and oxygen atoms in total. The minimum atomic E-state index is -0.965. The summed E-state index contributed by atoms with van der Waals surface area (Å²) in [5, 5.41) is 13.5. The van der Waals surface area contributed by atoms with Crippen molar-refractivity contribution in [2.45, 2.75) is 13.0 Å². The van der Waals surface area contributed by atoms with Crippen molar-refractivity contribution in [3.63, 3.8) is 0 Å². The third-order valence-corrected chi connectivity index (χ3v) is 3.39. The van der Waals surface area contributed by atoms with Crippen molar-refractivity contribution in [3.05, 3.63) is 34.9 Å². The Morgan fingerprint density at radius 1 is 1.29 bits per heavy atom. The third-order valence-electron chi connectivity index (χ3n) is 3.39. The van der Waals surface area contributed by atoms with Gasteiger partial charge < -0.3 is 10.4 Å². The molecule has 1 heterocycles. The summed E-state index contributed by atoms with van der Waals surface area (Å²) in [6.45, 7) is 1.29. The molecule has 0 saturated heterocycles. The molecule has 0 unspecified atom stereocenters. The highest BCUT2D eigenvalue weighted by molar-refractivity contribution is 5.95. The van der Waals surface area contributed by atoms with Gasteiger partial charge in [0.1, 0.15) is 0 Å². The minimum absolute atomic E-state index is 0.101. The Balaban J connectivity index is 2.01. The fraction of sp³-hybridized carbons (Fsp3) is 0.357. The van der Waals surface area contributed by atoms with E-state index in [2.05, 4.69) is 10.6 Å². The molecule has 0 aromatic heterocycles. The lowest BCUT2D eigenvalue weighted by Crippen LogP contribution is -2.44. The number of imide groups is 1. The number of hydrogen-bond acceptors (Lipinski definition) is 4. The number of urea groups is 1. The quantitative estimate of drug-likeness (QED) is 0.739. The number of aromatic carboxylic acids is 1. The molecule has 0 fully saturated rings. The number of carbonyl (C=O) groups is 3. The Morgan fingerprint density at radius 3 is 2.71 bits per heavy atom. The third kappa shape index (κ3) is 3.79. The van der Waals surface area contributed by atoms with Gasteiger partial charge in [-0.3, -0.25) is 15.0 Å². The van der Waals surface area contributed by atoms with Crippen molar-refractivity contribution in [1.82, 2.24) is 15.5 Å². The van der Waals surface area contributed by atoms with Crippen LogP contribution in [0, 0.1) is 0 Å². The summed E-state index contributed by atoms with van der Waals surface area (Å²) in [4.78, 5) is 35.6. The van der Waals surface area contributed by atoms with Crippen LogP contribution >= 0.6 is 0 Å². The molecule has 2 rings (SSSR count). The van der Waals surface area contributed by atoms with E-state index < -0.39 is 12.0 Å². The molecule has 1 aromatic rings. The number of carbonyl (C=O) groups excluding carboxylic acids is 2. The zero-order valence-electron chi connectivity index (χ0n) is 11.7. The van der Waals surface area contributed by atoms with Crippen LogP contribution in [0.25, 0.3) is 0 Å². The van der Waals surface area contributed by atoms with E-state index in [0.717, 1.165) is 17.5 Å². The van der Waals surface area contributed by atoms with Gasteiger partial charge in [-0.25, -0.2) is 9.59 Å². The van der Waals surface area contributed by atoms with Crippen LogP contribution < -0.4 is 10.6 Å². The standard InChI is InChI=1S/C14H17N3O4/c1-15-14(21)16-12(18)8-17-5-4-9-2-3-10(13(19)20)6-11(9)7-17/h2-3,6H,4-5,7-8H2,1H3,(H,19,20)(H2,15,16,18,21). The summed E-state index contributed by atoms with van der Waals surface area (Å²) in [5.41, 5.74) is 2.25. The van der Waals surface area contributed by atoms with Crippen LogP contribution in [-0.2, 0) is 17.8 Å². The lowest BCUT2D eigenvalue weighted by Gasteiger charge is -2.28. The fourth-order valence-corrected chi connectivity index (χ4v) is 2.32. The Bertz CT molecular complexity index is 586. The van der Waals surface area contributed by atoms with Gasteiger partial charge in [-0.2, -0.15) is 0 Å². The second kappa shape index (κ2) is 6.36. The van der Waals surface area contributed by atoms with Crippen molar-refractivity contribution in [3.8, 4) is 0 Å². The zero-order valence-corrected chi connectivity index (χ0v) is 11.7. The summed E-state index contributed by atoms with van der Waals surface area (Å²) in [7, 11) is 1.44. The molecule has 0 bridgehead atoms. The van der Waals surface area contributed by atoms with Crippen LogP contribution in [0.4, 0.5) is 4.79 Å². The number of nitrogens with one attached hydrogen (secondary N) is 2. The average Bonchev–Trinajstić information content (AvgIpc) is 2.46. The molecular weight excluding hydrogens is 274 g/mol. The van der Waals surface area contributed by atoms with Gasteiger partial charge in [0.05, 0.1) is 12.1 Å². The van der Waals surface area contributed by atoms with Gasteiger partial charge in [0.2, 0.25) is 5.91 Å². The van der Waals surface area contributed by atoms with E-state index in [1.54, 1.807) is 12.1 Å². The van der Waals surface area contributed by atoms with Crippen molar-refractivity contribution < 1.29 is 19.5 Å². The van der Waals surface area contributed by atoms with E-state index in [-0.39, 0.29) is 18.0 Å². The fourth-order valence-electron chi connectivity index (χ4n) is 2.32. The van der Waals surface area contributed by atoms with E-state index >= 15 is 0 Å². The van der Waals surface area contributed by atoms with Gasteiger partial charge in [-0.05, 0) is 29.7 Å². The van der Waals surface area contributed by atoms with Crippen LogP contribution in [0.3, 0.4) is 0 Å². The number of hydrogen-bond donors (Lipinski definition) is 3. The first-order valence-corrected chi connectivity index (χ1v) is 6.58. The molecule has 0 saturated carbocycles. The largest absolute Gasteiger partial charge is 0.478 e. The Kier molecular flexibility index (Phi) is 4.54. The van der Waals surface area contributed by atoms with Gasteiger partial charge >= 0.3 is 12.0 Å². The van der Waals surface area contributed by atoms with Crippen LogP contribution in [0.2, 0.25) is 0 Å². The molecule has 0 atom stereocenters. The Labute approximate surface area is 121 Å². The molecule has 0 aliphatic carbocycles. The van der Waals surface area contributed by atoms with Gasteiger partial charge in [0, 0.05) is 20.1 Å². The van der Waals surface area contributed by atoms with Gasteiger partial charge in [-0.15, -0.1) is 0 Å². The van der Waals surface area contributed by atoms with Gasteiger partial charge in [0.25, 0.3) is 0 Å². The SMILES string of the molecule is CNC(=O)NC(=O)CN1CCc2ccc(C(=O)O)cc2C1. The summed E-state index contributed by atoms with van der Waals surface area (Å²) in [6, 6.07) is 4.52. The molecule has 1 aliphatic rings. The van der Waals surface area contributed by atoms with Crippen LogP contribution in [0.5, 0.6) is 0 Å². The van der Waals surface area contributed by atoms with Gasteiger partial charge in [-0.1, -0.05) is 6.07 Å². The smallest absolute Gasteiger partial charge is 0.335 e. The van der Waals surface area contributed by atoms with E-state index in [0.29, 0.717) is 13.1 Å². The molecular formula is C14H17N3O4. The van der Waals surface area contributed by atoms with Crippen molar-refractivity contribution in [1.29, 1.82) is 0 Å². The van der Waals surface area contributed by atoms with Crippen LogP contribution in [0.1, 0.15) is 21.5 Å². The van der Waals surface area contributed by atoms with E-state index in [9.17, 15) is 14.4 Å². The average molecular weight is 291 g/mol. The summed E-state index contributed by atoms with van der Waals surface area (Å²) in [6.07, 6.45) is 0.752. The van der Waals surface area contributed by atoms with E-state index in [4.69, 9.17) is 5.11 Å². The molecule has 1 aliphatic heterocycles. The maximum Gasteiger partial charge on any atom is 0.335 e. The first kappa shape index (κ1) is 15.0. The Morgan fingerprint density at radius 2 is 2.05 bits per heavy atom. The molecule has 7 heteroatoms. The molecule has 112 valence electrons. The Hall–Kier alpha value is -2.41. The highest BCUT2D eigenvalue weighted by atomic mass is 16.4. The minimum Gasteiger partial charge on any atom is -0.478 e. The predicted molar refractivity (Wildman–Crippen MR) is 75.0 cm³/mol. The van der Waals surface area contributed by atoms with Crippen LogP contribution in [0.15, 0.2) is 18.2 Å². The predicted octanol–water partition coefficient (Wildman–Crippen LogP) is 0.199. The number of fused-ring (bicyclic) bond motifs is 1. The molecule has 0 spiro atoms. The molecule has 21 heavy (non-hydrogen) atoms. The summed E-state index contributed by atoms with van der Waals surface area (Å²) in [5.74, 6) is -1.35. The topological polar surface area (TPSA) is 98.7 Å². The maximum atomic E-state index is 11.7. The number of rotatable bonds is 3. The lowest BCUT2D eigenvalue weighted by atomic mass is 9.97. The maximum absolute atomic E-state index is 11.7. The summed E-state index contributed by atoms with van der Waals surface area (Å²) < 4.78 is 0. The highest BCUT2D eigenvalue weighted by Crippen LogP contribution is 2.20. The monoisotopic (exact) mass is 291 g/mol. The lowest BCUT2D eigenvalue weighted by molar-refractivity contribution is -0.121. The molecule has 3 N–H and O–H groups in total. The van der Waals surface area contributed by atoms with Crippen molar-refractivity contribution in [2.75, 3.05) is 20.1 Å². The molecule has 0 radical (unpaired) electrons. The number of carboxylic acid groups (broad SMARTS) is 1. The number of amides is 3. The normalized spacial score (nSPS) is 14.1. The van der Waals surface area contributed by atoms with E-state index in [1.165, 1.54) is 7.05 Å². The van der Waals surface area contributed by atoms with Crippen molar-refractivity contribution >= 4 is 17.9 Å². The van der Waals surface area contributed by atoms with Crippen LogP contribution in [-0.4, -0.2) is 48.1 Å². The first-order chi connectivity index (χ1) is 9.99. The number of benzene rings is 1.